The Hall–Kier alpha value is -2.97. The summed E-state index contributed by atoms with van der Waals surface area (Å²) in [4.78, 5) is 40.4. The monoisotopic (exact) mass is 398 g/mol. The standard InChI is InChI=1S/C21H22N2O6/c1-12-8-9-14(29-12)17-15-16(21(11-24,22-17)20(27)28-2)19(26)23(18(15)25)10-13-6-4-3-5-7-13/h3-9,15-17,22,24H,10-11H2,1-2H3/t15-,16-,17-,21-/m0/s1. The van der Waals surface area contributed by atoms with E-state index in [1.807, 2.05) is 30.3 Å². The summed E-state index contributed by atoms with van der Waals surface area (Å²) in [5, 5.41) is 13.1. The maximum atomic E-state index is 13.3. The third-order valence-electron chi connectivity index (χ3n) is 5.80. The summed E-state index contributed by atoms with van der Waals surface area (Å²) in [6.07, 6.45) is 0. The van der Waals surface area contributed by atoms with Gasteiger partial charge in [0.25, 0.3) is 0 Å². The van der Waals surface area contributed by atoms with E-state index in [1.165, 1.54) is 7.11 Å². The maximum absolute atomic E-state index is 13.3. The summed E-state index contributed by atoms with van der Waals surface area (Å²) in [5.74, 6) is -2.62. The zero-order valence-electron chi connectivity index (χ0n) is 16.1. The number of imide groups is 1. The van der Waals surface area contributed by atoms with Gasteiger partial charge >= 0.3 is 5.97 Å². The molecule has 2 saturated heterocycles. The molecule has 0 unspecified atom stereocenters. The summed E-state index contributed by atoms with van der Waals surface area (Å²) in [7, 11) is 1.18. The largest absolute Gasteiger partial charge is 0.468 e. The van der Waals surface area contributed by atoms with Crippen molar-refractivity contribution in [1.82, 2.24) is 10.2 Å². The molecule has 8 nitrogen and oxygen atoms in total. The number of benzene rings is 1. The fraction of sp³-hybridized carbons (Fsp3) is 0.381. The lowest BCUT2D eigenvalue weighted by Gasteiger charge is -2.30. The zero-order chi connectivity index (χ0) is 20.8. The van der Waals surface area contributed by atoms with Crippen LogP contribution in [0.2, 0.25) is 0 Å². The van der Waals surface area contributed by atoms with Gasteiger partial charge in [-0.2, -0.15) is 0 Å². The van der Waals surface area contributed by atoms with Crippen molar-refractivity contribution in [3.8, 4) is 0 Å². The van der Waals surface area contributed by atoms with Gasteiger partial charge in [0.15, 0.2) is 5.54 Å². The number of aryl methyl sites for hydroxylation is 1. The van der Waals surface area contributed by atoms with Crippen LogP contribution in [-0.4, -0.2) is 47.0 Å². The van der Waals surface area contributed by atoms with Gasteiger partial charge in [0, 0.05) is 0 Å². The molecule has 4 rings (SSSR count). The number of aliphatic hydroxyl groups is 1. The number of fused-ring (bicyclic) bond motifs is 1. The number of furan rings is 1. The minimum absolute atomic E-state index is 0.0953. The third kappa shape index (κ3) is 2.87. The van der Waals surface area contributed by atoms with Gasteiger partial charge in [0.1, 0.15) is 11.5 Å². The first-order valence-electron chi connectivity index (χ1n) is 9.35. The van der Waals surface area contributed by atoms with Gasteiger partial charge in [0.05, 0.1) is 38.1 Å². The Morgan fingerprint density at radius 1 is 1.21 bits per heavy atom. The number of carbonyl (C=O) groups excluding carboxylic acids is 3. The summed E-state index contributed by atoms with van der Waals surface area (Å²) < 4.78 is 10.6. The number of nitrogens with zero attached hydrogens (tertiary/aromatic N) is 1. The number of ether oxygens (including phenoxy) is 1. The molecule has 0 aliphatic carbocycles. The van der Waals surface area contributed by atoms with Gasteiger partial charge in [-0.25, -0.2) is 4.79 Å². The van der Waals surface area contributed by atoms with Gasteiger partial charge < -0.3 is 14.3 Å². The Labute approximate surface area is 167 Å². The SMILES string of the molecule is COC(=O)[C@@]1(CO)N[C@@H](c2ccc(C)o2)[C@H]2C(=O)N(Cc3ccccc3)C(=O)[C@H]21. The quantitative estimate of drug-likeness (QED) is 0.570. The van der Waals surface area contributed by atoms with Crippen LogP contribution in [0.4, 0.5) is 0 Å². The average molecular weight is 398 g/mol. The number of nitrogens with one attached hydrogen (secondary N) is 1. The van der Waals surface area contributed by atoms with Crippen molar-refractivity contribution in [1.29, 1.82) is 0 Å². The van der Waals surface area contributed by atoms with Gasteiger partial charge in [-0.15, -0.1) is 0 Å². The molecule has 2 aliphatic rings. The predicted molar refractivity (Wildman–Crippen MR) is 100 cm³/mol. The van der Waals surface area contributed by atoms with Crippen LogP contribution in [0.5, 0.6) is 0 Å². The molecule has 3 heterocycles. The van der Waals surface area contributed by atoms with Crippen LogP contribution >= 0.6 is 0 Å². The van der Waals surface area contributed by atoms with E-state index in [4.69, 9.17) is 9.15 Å². The highest BCUT2D eigenvalue weighted by Crippen LogP contribution is 2.49. The Balaban J connectivity index is 1.77. The van der Waals surface area contributed by atoms with E-state index in [0.29, 0.717) is 11.5 Å². The van der Waals surface area contributed by atoms with E-state index in [9.17, 15) is 19.5 Å². The molecule has 2 aliphatic heterocycles. The minimum atomic E-state index is -1.72. The molecular formula is C21H22N2O6. The maximum Gasteiger partial charge on any atom is 0.329 e. The third-order valence-corrected chi connectivity index (χ3v) is 5.80. The number of esters is 1. The molecule has 1 aromatic carbocycles. The van der Waals surface area contributed by atoms with Crippen molar-refractivity contribution < 1.29 is 28.6 Å². The highest BCUT2D eigenvalue weighted by atomic mass is 16.5. The van der Waals surface area contributed by atoms with Crippen molar-refractivity contribution in [2.24, 2.45) is 11.8 Å². The predicted octanol–water partition coefficient (Wildman–Crippen LogP) is 0.938. The van der Waals surface area contributed by atoms with Crippen molar-refractivity contribution >= 4 is 17.8 Å². The Kier molecular flexibility index (Phi) is 4.76. The summed E-state index contributed by atoms with van der Waals surface area (Å²) in [6, 6.07) is 11.8. The van der Waals surface area contributed by atoms with Crippen LogP contribution in [0.1, 0.15) is 23.1 Å². The molecule has 2 amide bonds. The van der Waals surface area contributed by atoms with Crippen molar-refractivity contribution in [2.75, 3.05) is 13.7 Å². The van der Waals surface area contributed by atoms with Crippen LogP contribution in [0.3, 0.4) is 0 Å². The first-order valence-corrected chi connectivity index (χ1v) is 9.35. The van der Waals surface area contributed by atoms with Gasteiger partial charge in [-0.05, 0) is 24.6 Å². The molecule has 1 aromatic heterocycles. The summed E-state index contributed by atoms with van der Waals surface area (Å²) >= 11 is 0. The molecule has 4 atom stereocenters. The van der Waals surface area contributed by atoms with E-state index in [-0.39, 0.29) is 6.54 Å². The lowest BCUT2D eigenvalue weighted by atomic mass is 9.80. The van der Waals surface area contributed by atoms with Gasteiger partial charge in [-0.3, -0.25) is 19.8 Å². The molecule has 0 spiro atoms. The second-order valence-electron chi connectivity index (χ2n) is 7.44. The molecule has 0 saturated carbocycles. The zero-order valence-corrected chi connectivity index (χ0v) is 16.1. The molecule has 2 fully saturated rings. The lowest BCUT2D eigenvalue weighted by molar-refractivity contribution is -0.156. The fourth-order valence-corrected chi connectivity index (χ4v) is 4.43. The highest BCUT2D eigenvalue weighted by Gasteiger charge is 2.69. The second kappa shape index (κ2) is 7.13. The number of methoxy groups -OCH3 is 1. The average Bonchev–Trinajstić information content (AvgIpc) is 3.38. The normalized spacial score (nSPS) is 28.7. The van der Waals surface area contributed by atoms with Gasteiger partial charge in [0.2, 0.25) is 11.8 Å². The van der Waals surface area contributed by atoms with Crippen molar-refractivity contribution in [3.05, 3.63) is 59.5 Å². The van der Waals surface area contributed by atoms with Gasteiger partial charge in [-0.1, -0.05) is 30.3 Å². The molecule has 29 heavy (non-hydrogen) atoms. The Morgan fingerprint density at radius 2 is 1.93 bits per heavy atom. The molecule has 8 heteroatoms. The van der Waals surface area contributed by atoms with Crippen LogP contribution in [0, 0.1) is 18.8 Å². The molecular weight excluding hydrogens is 376 g/mol. The van der Waals surface area contributed by atoms with Crippen LogP contribution in [-0.2, 0) is 25.7 Å². The van der Waals surface area contributed by atoms with E-state index in [2.05, 4.69) is 5.32 Å². The fourth-order valence-electron chi connectivity index (χ4n) is 4.43. The minimum Gasteiger partial charge on any atom is -0.468 e. The first kappa shape index (κ1) is 19.4. The first-order chi connectivity index (χ1) is 13.9. The smallest absolute Gasteiger partial charge is 0.329 e. The van der Waals surface area contributed by atoms with E-state index in [1.54, 1.807) is 19.1 Å². The number of aliphatic hydroxyl groups excluding tert-OH is 1. The number of carbonyl (C=O) groups is 3. The number of likely N-dealkylation sites (tertiary alicyclic amines) is 1. The van der Waals surface area contributed by atoms with Crippen molar-refractivity contribution in [3.63, 3.8) is 0 Å². The highest BCUT2D eigenvalue weighted by molar-refractivity contribution is 6.09. The molecule has 2 N–H and O–H groups in total. The van der Waals surface area contributed by atoms with Crippen molar-refractivity contribution in [2.45, 2.75) is 25.0 Å². The van der Waals surface area contributed by atoms with E-state index < -0.39 is 47.8 Å². The second-order valence-corrected chi connectivity index (χ2v) is 7.44. The number of amides is 2. The van der Waals surface area contributed by atoms with Crippen LogP contribution < -0.4 is 5.32 Å². The lowest BCUT2D eigenvalue weighted by Crippen LogP contribution is -2.58. The molecule has 0 bridgehead atoms. The summed E-state index contributed by atoms with van der Waals surface area (Å²) in [6.45, 7) is 1.17. The molecule has 152 valence electrons. The molecule has 2 aromatic rings. The summed E-state index contributed by atoms with van der Waals surface area (Å²) in [5.41, 5.74) is -0.927. The van der Waals surface area contributed by atoms with E-state index in [0.717, 1.165) is 10.5 Å². The topological polar surface area (TPSA) is 109 Å². The van der Waals surface area contributed by atoms with E-state index >= 15 is 0 Å². The number of hydrogen-bond acceptors (Lipinski definition) is 7. The van der Waals surface area contributed by atoms with Crippen LogP contribution in [0.25, 0.3) is 0 Å². The Bertz CT molecular complexity index is 955. The molecule has 0 radical (unpaired) electrons. The Morgan fingerprint density at radius 3 is 2.52 bits per heavy atom. The number of hydrogen-bond donors (Lipinski definition) is 2. The van der Waals surface area contributed by atoms with Crippen LogP contribution in [0.15, 0.2) is 46.9 Å². The number of rotatable bonds is 5.